The first kappa shape index (κ1) is 14.9. The molecular weight excluding hydrogens is 220 g/mol. The topological polar surface area (TPSA) is 15.3 Å². The van der Waals surface area contributed by atoms with Crippen LogP contribution in [0.1, 0.15) is 26.3 Å². The molecule has 1 rings (SSSR count). The second-order valence-electron chi connectivity index (χ2n) is 4.74. The van der Waals surface area contributed by atoms with Gasteiger partial charge in [-0.1, -0.05) is 50.8 Å². The lowest BCUT2D eigenvalue weighted by atomic mass is 10.1. The van der Waals surface area contributed by atoms with Crippen molar-refractivity contribution in [1.82, 2.24) is 10.2 Å². The first-order valence-corrected chi connectivity index (χ1v) is 6.86. The van der Waals surface area contributed by atoms with Crippen molar-refractivity contribution < 1.29 is 0 Å². The Morgan fingerprint density at radius 1 is 1.22 bits per heavy atom. The molecule has 1 N–H and O–H groups in total. The van der Waals surface area contributed by atoms with E-state index in [2.05, 4.69) is 61.8 Å². The minimum Gasteiger partial charge on any atom is -0.309 e. The van der Waals surface area contributed by atoms with Crippen LogP contribution >= 0.6 is 0 Å². The van der Waals surface area contributed by atoms with Crippen molar-refractivity contribution in [2.24, 2.45) is 0 Å². The van der Waals surface area contributed by atoms with Crippen molar-refractivity contribution in [3.8, 4) is 0 Å². The highest BCUT2D eigenvalue weighted by atomic mass is 15.1. The number of likely N-dealkylation sites (N-methyl/N-ethyl adjacent to an activating group) is 1. The third kappa shape index (κ3) is 5.03. The van der Waals surface area contributed by atoms with Crippen LogP contribution in [0.4, 0.5) is 0 Å². The van der Waals surface area contributed by atoms with Crippen molar-refractivity contribution in [3.05, 3.63) is 42.5 Å². The molecule has 1 atom stereocenters. The van der Waals surface area contributed by atoms with Crippen LogP contribution < -0.4 is 5.32 Å². The standard InChI is InChI=1S/C16H26N2/c1-5-18(6-2)13-15(4)17-12-14(3)16-10-8-7-9-11-16/h7-11,15,17H,3,5-6,12-13H2,1-2,4H3. The molecule has 18 heavy (non-hydrogen) atoms. The SMILES string of the molecule is C=C(CNC(C)CN(CC)CC)c1ccccc1. The highest BCUT2D eigenvalue weighted by Gasteiger charge is 2.07. The largest absolute Gasteiger partial charge is 0.309 e. The maximum Gasteiger partial charge on any atom is 0.0208 e. The Bertz CT molecular complexity index is 341. The quantitative estimate of drug-likeness (QED) is 0.758. The molecule has 0 bridgehead atoms. The minimum atomic E-state index is 0.491. The molecule has 0 fully saturated rings. The molecule has 0 saturated carbocycles. The molecule has 0 saturated heterocycles. The molecular formula is C16H26N2. The van der Waals surface area contributed by atoms with E-state index in [0.717, 1.165) is 31.8 Å². The summed E-state index contributed by atoms with van der Waals surface area (Å²) in [4.78, 5) is 2.43. The zero-order valence-corrected chi connectivity index (χ0v) is 11.9. The number of nitrogens with zero attached hydrogens (tertiary/aromatic N) is 1. The molecule has 0 aromatic heterocycles. The molecule has 1 unspecified atom stereocenters. The molecule has 0 aliphatic heterocycles. The van der Waals surface area contributed by atoms with E-state index < -0.39 is 0 Å². The van der Waals surface area contributed by atoms with Crippen molar-refractivity contribution in [2.75, 3.05) is 26.2 Å². The summed E-state index contributed by atoms with van der Waals surface area (Å²) in [6, 6.07) is 10.9. The van der Waals surface area contributed by atoms with E-state index in [-0.39, 0.29) is 0 Å². The fourth-order valence-corrected chi connectivity index (χ4v) is 2.01. The van der Waals surface area contributed by atoms with Crippen molar-refractivity contribution in [3.63, 3.8) is 0 Å². The highest BCUT2D eigenvalue weighted by Crippen LogP contribution is 2.10. The molecule has 2 heteroatoms. The fourth-order valence-electron chi connectivity index (χ4n) is 2.01. The van der Waals surface area contributed by atoms with Crippen LogP contribution in [-0.4, -0.2) is 37.1 Å². The highest BCUT2D eigenvalue weighted by molar-refractivity contribution is 5.64. The summed E-state index contributed by atoms with van der Waals surface area (Å²) in [6.45, 7) is 15.0. The van der Waals surface area contributed by atoms with Gasteiger partial charge in [-0.2, -0.15) is 0 Å². The van der Waals surface area contributed by atoms with Gasteiger partial charge in [0.2, 0.25) is 0 Å². The number of rotatable bonds is 8. The number of hydrogen-bond acceptors (Lipinski definition) is 2. The van der Waals surface area contributed by atoms with Gasteiger partial charge in [0.1, 0.15) is 0 Å². The third-order valence-electron chi connectivity index (χ3n) is 3.27. The van der Waals surface area contributed by atoms with Crippen LogP contribution in [0, 0.1) is 0 Å². The van der Waals surface area contributed by atoms with Crippen LogP contribution in [0.5, 0.6) is 0 Å². The molecule has 2 nitrogen and oxygen atoms in total. The van der Waals surface area contributed by atoms with E-state index in [1.807, 2.05) is 6.07 Å². The van der Waals surface area contributed by atoms with E-state index in [0.29, 0.717) is 6.04 Å². The second-order valence-corrected chi connectivity index (χ2v) is 4.74. The summed E-state index contributed by atoms with van der Waals surface area (Å²) in [7, 11) is 0. The third-order valence-corrected chi connectivity index (χ3v) is 3.27. The normalized spacial score (nSPS) is 12.7. The molecule has 0 heterocycles. The van der Waals surface area contributed by atoms with E-state index in [1.54, 1.807) is 0 Å². The van der Waals surface area contributed by atoms with E-state index in [9.17, 15) is 0 Å². The summed E-state index contributed by atoms with van der Waals surface area (Å²) in [5.74, 6) is 0. The lowest BCUT2D eigenvalue weighted by Crippen LogP contribution is -2.39. The Hall–Kier alpha value is -1.12. The average Bonchev–Trinajstić information content (AvgIpc) is 2.43. The fraction of sp³-hybridized carbons (Fsp3) is 0.500. The number of nitrogens with one attached hydrogen (secondary N) is 1. The maximum atomic E-state index is 4.14. The van der Waals surface area contributed by atoms with Crippen LogP contribution in [0.3, 0.4) is 0 Å². The molecule has 1 aromatic rings. The van der Waals surface area contributed by atoms with Gasteiger partial charge in [-0.3, -0.25) is 0 Å². The predicted octanol–water partition coefficient (Wildman–Crippen LogP) is 3.02. The molecule has 0 spiro atoms. The second kappa shape index (κ2) is 8.06. The van der Waals surface area contributed by atoms with E-state index in [4.69, 9.17) is 0 Å². The average molecular weight is 246 g/mol. The Morgan fingerprint density at radius 2 is 1.83 bits per heavy atom. The van der Waals surface area contributed by atoms with Crippen LogP contribution in [-0.2, 0) is 0 Å². The number of hydrogen-bond donors (Lipinski definition) is 1. The zero-order valence-electron chi connectivity index (χ0n) is 11.9. The molecule has 0 aliphatic rings. The Balaban J connectivity index is 2.34. The van der Waals surface area contributed by atoms with Gasteiger partial charge in [-0.05, 0) is 31.1 Å². The molecule has 100 valence electrons. The lowest BCUT2D eigenvalue weighted by molar-refractivity contribution is 0.274. The van der Waals surface area contributed by atoms with Crippen molar-refractivity contribution >= 4 is 5.57 Å². The number of benzene rings is 1. The van der Waals surface area contributed by atoms with Crippen molar-refractivity contribution in [1.29, 1.82) is 0 Å². The van der Waals surface area contributed by atoms with Gasteiger partial charge in [-0.25, -0.2) is 0 Å². The van der Waals surface area contributed by atoms with Crippen LogP contribution in [0.2, 0.25) is 0 Å². The summed E-state index contributed by atoms with van der Waals surface area (Å²) in [5, 5.41) is 3.54. The van der Waals surface area contributed by atoms with Gasteiger partial charge in [0.25, 0.3) is 0 Å². The molecule has 0 radical (unpaired) electrons. The minimum absolute atomic E-state index is 0.491. The summed E-state index contributed by atoms with van der Waals surface area (Å²) in [5.41, 5.74) is 2.38. The molecule has 0 amide bonds. The smallest absolute Gasteiger partial charge is 0.0208 e. The van der Waals surface area contributed by atoms with Gasteiger partial charge in [-0.15, -0.1) is 0 Å². The first-order valence-electron chi connectivity index (χ1n) is 6.86. The predicted molar refractivity (Wildman–Crippen MR) is 80.7 cm³/mol. The van der Waals surface area contributed by atoms with Gasteiger partial charge in [0.15, 0.2) is 0 Å². The van der Waals surface area contributed by atoms with Gasteiger partial charge in [0, 0.05) is 19.1 Å². The summed E-state index contributed by atoms with van der Waals surface area (Å²) < 4.78 is 0. The van der Waals surface area contributed by atoms with Crippen LogP contribution in [0.15, 0.2) is 36.9 Å². The lowest BCUT2D eigenvalue weighted by Gasteiger charge is -2.23. The van der Waals surface area contributed by atoms with Gasteiger partial charge >= 0.3 is 0 Å². The molecule has 0 aliphatic carbocycles. The van der Waals surface area contributed by atoms with Crippen LogP contribution in [0.25, 0.3) is 5.57 Å². The maximum absolute atomic E-state index is 4.14. The Morgan fingerprint density at radius 3 is 2.39 bits per heavy atom. The van der Waals surface area contributed by atoms with Crippen molar-refractivity contribution in [2.45, 2.75) is 26.8 Å². The Labute approximate surface area is 112 Å². The van der Waals surface area contributed by atoms with E-state index >= 15 is 0 Å². The Kier molecular flexibility index (Phi) is 6.69. The van der Waals surface area contributed by atoms with E-state index in [1.165, 1.54) is 5.56 Å². The zero-order chi connectivity index (χ0) is 13.4. The first-order chi connectivity index (χ1) is 8.67. The summed E-state index contributed by atoms with van der Waals surface area (Å²) >= 11 is 0. The monoisotopic (exact) mass is 246 g/mol. The molecule has 1 aromatic carbocycles. The summed E-state index contributed by atoms with van der Waals surface area (Å²) in [6.07, 6.45) is 0. The van der Waals surface area contributed by atoms with Gasteiger partial charge in [0.05, 0.1) is 0 Å². The van der Waals surface area contributed by atoms with Gasteiger partial charge < -0.3 is 10.2 Å².